The number of hydrogen-bond acceptors (Lipinski definition) is 2. The molecular weight excluding hydrogens is 322 g/mol. The van der Waals surface area contributed by atoms with Gasteiger partial charge in [-0.3, -0.25) is 0 Å². The number of rotatable bonds is 7. The van der Waals surface area contributed by atoms with Crippen LogP contribution in [-0.2, 0) is 4.43 Å². The molecule has 2 aromatic carbocycles. The van der Waals surface area contributed by atoms with Crippen LogP contribution in [0.1, 0.15) is 41.0 Å². The summed E-state index contributed by atoms with van der Waals surface area (Å²) >= 11 is 0. The summed E-state index contributed by atoms with van der Waals surface area (Å²) in [6.45, 7) is 12.2. The summed E-state index contributed by atoms with van der Waals surface area (Å²) in [4.78, 5) is 0. The number of benzene rings is 2. The molecule has 3 heteroatoms. The van der Waals surface area contributed by atoms with Crippen LogP contribution in [0, 0.1) is 0 Å². The first kappa shape index (κ1) is 19.9. The maximum atomic E-state index is 6.90. The molecule has 0 aliphatic heterocycles. The number of nitrogens with one attached hydrogen (secondary N) is 1. The van der Waals surface area contributed by atoms with E-state index >= 15 is 0 Å². The van der Waals surface area contributed by atoms with Crippen molar-refractivity contribution in [2.45, 2.75) is 51.6 Å². The fourth-order valence-corrected chi connectivity index (χ4v) is 7.91. The third-order valence-electron chi connectivity index (χ3n) is 5.14. The van der Waals surface area contributed by atoms with E-state index in [1.807, 2.05) is 7.05 Å². The lowest BCUT2D eigenvalue weighted by Crippen LogP contribution is -2.66. The topological polar surface area (TPSA) is 21.3 Å². The van der Waals surface area contributed by atoms with Gasteiger partial charge >= 0.3 is 0 Å². The molecule has 0 radical (unpaired) electrons. The van der Waals surface area contributed by atoms with Crippen molar-refractivity contribution in [2.24, 2.45) is 0 Å². The Morgan fingerprint density at radius 3 is 1.60 bits per heavy atom. The molecule has 0 spiro atoms. The fourth-order valence-electron chi connectivity index (χ4n) is 3.35. The predicted molar refractivity (Wildman–Crippen MR) is 111 cm³/mol. The zero-order chi connectivity index (χ0) is 18.6. The van der Waals surface area contributed by atoms with Crippen molar-refractivity contribution in [1.82, 2.24) is 5.32 Å². The maximum Gasteiger partial charge on any atom is 0.261 e. The molecular formula is C22H33NOSi. The van der Waals surface area contributed by atoms with Gasteiger partial charge < -0.3 is 9.74 Å². The van der Waals surface area contributed by atoms with Crippen LogP contribution in [0.25, 0.3) is 0 Å². The average molecular weight is 356 g/mol. The monoisotopic (exact) mass is 355 g/mol. The van der Waals surface area contributed by atoms with Gasteiger partial charge in [0.15, 0.2) is 0 Å². The molecule has 0 amide bonds. The summed E-state index contributed by atoms with van der Waals surface area (Å²) < 4.78 is 6.90. The van der Waals surface area contributed by atoms with Crippen LogP contribution in [0.3, 0.4) is 0 Å². The van der Waals surface area contributed by atoms with Gasteiger partial charge in [0.05, 0.1) is 0 Å². The summed E-state index contributed by atoms with van der Waals surface area (Å²) in [5.74, 6) is 0. The Bertz CT molecular complexity index is 607. The van der Waals surface area contributed by atoms with Crippen molar-refractivity contribution in [3.05, 3.63) is 60.7 Å². The van der Waals surface area contributed by atoms with Crippen molar-refractivity contribution in [1.29, 1.82) is 0 Å². The SMILES string of the molecule is CNC(C)(C)CCO[Si](c1ccccc1)(c1ccccc1)C(C)(C)C. The van der Waals surface area contributed by atoms with Crippen LogP contribution < -0.4 is 15.7 Å². The molecule has 0 bridgehead atoms. The average Bonchev–Trinajstić information content (AvgIpc) is 2.59. The lowest BCUT2D eigenvalue weighted by molar-refractivity contribution is 0.243. The van der Waals surface area contributed by atoms with Crippen LogP contribution in [0.2, 0.25) is 5.04 Å². The first-order valence-electron chi connectivity index (χ1n) is 9.17. The highest BCUT2D eigenvalue weighted by Crippen LogP contribution is 2.37. The molecule has 0 saturated heterocycles. The smallest absolute Gasteiger partial charge is 0.261 e. The Kier molecular flexibility index (Phi) is 6.25. The van der Waals surface area contributed by atoms with Gasteiger partial charge in [-0.25, -0.2) is 0 Å². The fraction of sp³-hybridized carbons (Fsp3) is 0.455. The van der Waals surface area contributed by atoms with Crippen LogP contribution >= 0.6 is 0 Å². The zero-order valence-corrected chi connectivity index (χ0v) is 17.6. The molecule has 0 atom stereocenters. The molecule has 1 N–H and O–H groups in total. The second-order valence-electron chi connectivity index (χ2n) is 8.40. The maximum absolute atomic E-state index is 6.90. The molecule has 2 rings (SSSR count). The zero-order valence-electron chi connectivity index (χ0n) is 16.6. The Labute approximate surface area is 154 Å². The molecule has 0 unspecified atom stereocenters. The second-order valence-corrected chi connectivity index (χ2v) is 12.7. The molecule has 0 aliphatic rings. The lowest BCUT2D eigenvalue weighted by Gasteiger charge is -2.43. The molecule has 2 aromatic rings. The summed E-state index contributed by atoms with van der Waals surface area (Å²) in [5, 5.41) is 6.11. The minimum Gasteiger partial charge on any atom is -0.407 e. The van der Waals surface area contributed by atoms with Gasteiger partial charge in [0.1, 0.15) is 0 Å². The second kappa shape index (κ2) is 7.86. The standard InChI is InChI=1S/C22H33NOSi/c1-21(2,3)25(19-13-9-7-10-14-19,20-15-11-8-12-16-20)24-18-17-22(4,5)23-6/h7-16,23H,17-18H2,1-6H3. The minimum atomic E-state index is -2.39. The van der Waals surface area contributed by atoms with Crippen molar-refractivity contribution in [2.75, 3.05) is 13.7 Å². The summed E-state index contributed by atoms with van der Waals surface area (Å²) in [5.41, 5.74) is 0.0748. The first-order valence-corrected chi connectivity index (χ1v) is 11.1. The Morgan fingerprint density at radius 1 is 0.800 bits per heavy atom. The Morgan fingerprint density at radius 2 is 1.24 bits per heavy atom. The van der Waals surface area contributed by atoms with Crippen LogP contribution in [-0.4, -0.2) is 27.5 Å². The van der Waals surface area contributed by atoms with Gasteiger partial charge in [-0.15, -0.1) is 0 Å². The Balaban J connectivity index is 2.49. The van der Waals surface area contributed by atoms with Crippen molar-refractivity contribution < 1.29 is 4.43 Å². The van der Waals surface area contributed by atoms with Gasteiger partial charge in [0.25, 0.3) is 8.32 Å². The summed E-state index contributed by atoms with van der Waals surface area (Å²) in [7, 11) is -0.373. The van der Waals surface area contributed by atoms with E-state index in [2.05, 4.69) is 101 Å². The summed E-state index contributed by atoms with van der Waals surface area (Å²) in [6.07, 6.45) is 0.980. The van der Waals surface area contributed by atoms with Crippen molar-refractivity contribution in [3.63, 3.8) is 0 Å². The highest BCUT2D eigenvalue weighted by Gasteiger charge is 2.50. The van der Waals surface area contributed by atoms with Crippen molar-refractivity contribution in [3.8, 4) is 0 Å². The molecule has 0 fully saturated rings. The highest BCUT2D eigenvalue weighted by molar-refractivity contribution is 6.99. The van der Waals surface area contributed by atoms with Crippen LogP contribution in [0.15, 0.2) is 60.7 Å². The lowest BCUT2D eigenvalue weighted by atomic mass is 10.0. The van der Waals surface area contributed by atoms with Gasteiger partial charge in [-0.2, -0.15) is 0 Å². The van der Waals surface area contributed by atoms with E-state index in [-0.39, 0.29) is 10.6 Å². The predicted octanol–water partition coefficient (Wildman–Crippen LogP) is 3.95. The van der Waals surface area contributed by atoms with Crippen molar-refractivity contribution >= 4 is 18.7 Å². The van der Waals surface area contributed by atoms with E-state index in [4.69, 9.17) is 4.43 Å². The summed E-state index contributed by atoms with van der Waals surface area (Å²) in [6, 6.07) is 21.7. The Hall–Kier alpha value is -1.42. The van der Waals surface area contributed by atoms with E-state index in [1.165, 1.54) is 10.4 Å². The highest BCUT2D eigenvalue weighted by atomic mass is 28.4. The van der Waals surface area contributed by atoms with E-state index in [0.717, 1.165) is 13.0 Å². The third-order valence-corrected chi connectivity index (χ3v) is 10.2. The molecule has 136 valence electrons. The van der Waals surface area contributed by atoms with Gasteiger partial charge in [0, 0.05) is 12.1 Å². The molecule has 0 saturated carbocycles. The van der Waals surface area contributed by atoms with Gasteiger partial charge in [0.2, 0.25) is 0 Å². The van der Waals surface area contributed by atoms with E-state index in [9.17, 15) is 0 Å². The first-order chi connectivity index (χ1) is 11.7. The van der Waals surface area contributed by atoms with Gasteiger partial charge in [-0.1, -0.05) is 81.4 Å². The van der Waals surface area contributed by atoms with Crippen LogP contribution in [0.4, 0.5) is 0 Å². The molecule has 0 aromatic heterocycles. The van der Waals surface area contributed by atoms with E-state index < -0.39 is 8.32 Å². The van der Waals surface area contributed by atoms with Crippen LogP contribution in [0.5, 0.6) is 0 Å². The molecule has 25 heavy (non-hydrogen) atoms. The molecule has 0 aliphatic carbocycles. The normalized spacial score (nSPS) is 13.0. The third kappa shape index (κ3) is 4.41. The van der Waals surface area contributed by atoms with Gasteiger partial charge in [-0.05, 0) is 42.7 Å². The van der Waals surface area contributed by atoms with E-state index in [0.29, 0.717) is 0 Å². The van der Waals surface area contributed by atoms with E-state index in [1.54, 1.807) is 0 Å². The number of hydrogen-bond donors (Lipinski definition) is 1. The largest absolute Gasteiger partial charge is 0.407 e. The molecule has 0 heterocycles. The molecule has 2 nitrogen and oxygen atoms in total. The minimum absolute atomic E-state index is 0.0412. The quantitative estimate of drug-likeness (QED) is 0.759.